The molecule has 0 unspecified atom stereocenters. The average molecular weight is 353 g/mol. The number of carboxylic acids is 1. The lowest BCUT2D eigenvalue weighted by molar-refractivity contribution is 0.0696. The fourth-order valence-electron chi connectivity index (χ4n) is 2.17. The summed E-state index contributed by atoms with van der Waals surface area (Å²) in [7, 11) is 0. The smallest absolute Gasteiger partial charge is 0.335 e. The Bertz CT molecular complexity index is 723. The second-order valence-electron chi connectivity index (χ2n) is 5.37. The van der Waals surface area contributed by atoms with Crippen LogP contribution in [-0.4, -0.2) is 24.3 Å². The molecule has 0 saturated heterocycles. The van der Waals surface area contributed by atoms with E-state index in [1.807, 2.05) is 26.0 Å². The lowest BCUT2D eigenvalue weighted by Gasteiger charge is -2.11. The van der Waals surface area contributed by atoms with Crippen molar-refractivity contribution in [2.45, 2.75) is 20.3 Å². The Labute approximate surface area is 144 Å². The third-order valence-corrected chi connectivity index (χ3v) is 4.00. The summed E-state index contributed by atoms with van der Waals surface area (Å²) in [4.78, 5) is 10.9. The third kappa shape index (κ3) is 4.61. The molecule has 0 aliphatic heterocycles. The minimum Gasteiger partial charge on any atom is -0.493 e. The van der Waals surface area contributed by atoms with Crippen LogP contribution in [0.25, 0.3) is 0 Å². The Morgan fingerprint density at radius 3 is 2.38 bits per heavy atom. The van der Waals surface area contributed by atoms with Gasteiger partial charge in [0.25, 0.3) is 0 Å². The fraction of sp³-hybridized carbons (Fsp3) is 0.278. The second-order valence-corrected chi connectivity index (χ2v) is 5.75. The number of aromatic carboxylic acids is 1. The van der Waals surface area contributed by atoms with E-state index in [2.05, 4.69) is 0 Å². The Balaban J connectivity index is 1.83. The van der Waals surface area contributed by atoms with Gasteiger partial charge < -0.3 is 14.6 Å². The van der Waals surface area contributed by atoms with Crippen LogP contribution < -0.4 is 9.47 Å². The minimum absolute atomic E-state index is 0.0187. The van der Waals surface area contributed by atoms with Crippen LogP contribution in [0, 0.1) is 19.7 Å². The molecule has 0 aromatic heterocycles. The molecule has 0 fully saturated rings. The van der Waals surface area contributed by atoms with Gasteiger partial charge in [-0.25, -0.2) is 9.18 Å². The molecule has 0 aliphatic rings. The molecule has 0 aliphatic carbocycles. The highest BCUT2D eigenvalue weighted by Crippen LogP contribution is 2.26. The first-order chi connectivity index (χ1) is 11.4. The summed E-state index contributed by atoms with van der Waals surface area (Å²) in [5, 5.41) is 9.61. The Kier molecular flexibility index (Phi) is 6.04. The molecule has 0 atom stereocenters. The average Bonchev–Trinajstić information content (AvgIpc) is 2.53. The van der Waals surface area contributed by atoms with Crippen LogP contribution in [0.4, 0.5) is 4.39 Å². The van der Waals surface area contributed by atoms with Gasteiger partial charge in [0.15, 0.2) is 11.6 Å². The molecule has 1 N–H and O–H groups in total. The lowest BCUT2D eigenvalue weighted by Crippen LogP contribution is -2.07. The highest BCUT2D eigenvalue weighted by Gasteiger charge is 2.09. The predicted molar refractivity (Wildman–Crippen MR) is 89.9 cm³/mol. The Morgan fingerprint density at radius 2 is 1.75 bits per heavy atom. The molecule has 0 bridgehead atoms. The van der Waals surface area contributed by atoms with Gasteiger partial charge in [-0.15, -0.1) is 0 Å². The van der Waals surface area contributed by atoms with E-state index in [0.29, 0.717) is 18.8 Å². The van der Waals surface area contributed by atoms with Gasteiger partial charge >= 0.3 is 5.97 Å². The molecule has 6 heteroatoms. The summed E-state index contributed by atoms with van der Waals surface area (Å²) >= 11 is 6.10. The summed E-state index contributed by atoms with van der Waals surface area (Å²) in [6.07, 6.45) is 0.525. The summed E-state index contributed by atoms with van der Waals surface area (Å²) in [6.45, 7) is 4.42. The van der Waals surface area contributed by atoms with Crippen LogP contribution in [0.2, 0.25) is 5.02 Å². The van der Waals surface area contributed by atoms with Crippen LogP contribution in [-0.2, 0) is 0 Å². The number of ether oxygens (including phenoxy) is 2. The number of hydrogen-bond acceptors (Lipinski definition) is 3. The van der Waals surface area contributed by atoms with Crippen LogP contribution in [0.1, 0.15) is 27.9 Å². The summed E-state index contributed by atoms with van der Waals surface area (Å²) in [6, 6.07) is 7.15. The third-order valence-electron chi connectivity index (χ3n) is 3.40. The van der Waals surface area contributed by atoms with E-state index in [1.54, 1.807) is 0 Å². The predicted octanol–water partition coefficient (Wildman–Crippen LogP) is 4.64. The maximum Gasteiger partial charge on any atom is 0.335 e. The highest BCUT2D eigenvalue weighted by molar-refractivity contribution is 6.32. The van der Waals surface area contributed by atoms with Gasteiger partial charge in [-0.2, -0.15) is 0 Å². The summed E-state index contributed by atoms with van der Waals surface area (Å²) in [5.41, 5.74) is 1.86. The molecule has 0 saturated carbocycles. The molecule has 0 heterocycles. The van der Waals surface area contributed by atoms with Gasteiger partial charge in [0, 0.05) is 11.4 Å². The van der Waals surface area contributed by atoms with Crippen molar-refractivity contribution in [2.24, 2.45) is 0 Å². The number of halogens is 2. The zero-order valence-corrected chi connectivity index (χ0v) is 14.2. The van der Waals surface area contributed by atoms with E-state index in [9.17, 15) is 9.18 Å². The van der Waals surface area contributed by atoms with E-state index in [-0.39, 0.29) is 17.9 Å². The molecule has 24 heavy (non-hydrogen) atoms. The Morgan fingerprint density at radius 1 is 1.12 bits per heavy atom. The number of carbonyl (C=O) groups is 1. The van der Waals surface area contributed by atoms with Crippen LogP contribution in [0.5, 0.6) is 11.5 Å². The maximum absolute atomic E-state index is 13.6. The molecular weight excluding hydrogens is 335 g/mol. The van der Waals surface area contributed by atoms with Crippen LogP contribution in [0.15, 0.2) is 30.3 Å². The first-order valence-electron chi connectivity index (χ1n) is 7.43. The van der Waals surface area contributed by atoms with E-state index in [4.69, 9.17) is 26.2 Å². The summed E-state index contributed by atoms with van der Waals surface area (Å²) in [5.74, 6) is -1.08. The molecule has 0 spiro atoms. The van der Waals surface area contributed by atoms with E-state index in [1.165, 1.54) is 12.1 Å². The molecule has 2 rings (SSSR count). The van der Waals surface area contributed by atoms with E-state index >= 15 is 0 Å². The van der Waals surface area contributed by atoms with Crippen molar-refractivity contribution < 1.29 is 23.8 Å². The summed E-state index contributed by atoms with van der Waals surface area (Å²) < 4.78 is 24.5. The van der Waals surface area contributed by atoms with Crippen molar-refractivity contribution in [2.75, 3.05) is 13.2 Å². The van der Waals surface area contributed by atoms with Gasteiger partial charge in [-0.3, -0.25) is 0 Å². The molecule has 0 amide bonds. The number of hydrogen-bond donors (Lipinski definition) is 1. The zero-order valence-electron chi connectivity index (χ0n) is 13.4. The van der Waals surface area contributed by atoms with Crippen LogP contribution in [0.3, 0.4) is 0 Å². The zero-order chi connectivity index (χ0) is 17.7. The van der Waals surface area contributed by atoms with Crippen molar-refractivity contribution in [3.05, 3.63) is 57.9 Å². The first kappa shape index (κ1) is 18.1. The normalized spacial score (nSPS) is 10.5. The van der Waals surface area contributed by atoms with Crippen molar-refractivity contribution in [3.8, 4) is 11.5 Å². The monoisotopic (exact) mass is 352 g/mol. The standard InChI is InChI=1S/C18H18ClFO4/c1-11-8-14(9-12(2)17(11)19)23-6-3-7-24-16-10-13(18(21)22)4-5-15(16)20/h4-5,8-10H,3,6-7H2,1-2H3,(H,21,22). The fourth-order valence-corrected chi connectivity index (χ4v) is 2.28. The molecule has 4 nitrogen and oxygen atoms in total. The lowest BCUT2D eigenvalue weighted by atomic mass is 10.1. The van der Waals surface area contributed by atoms with Crippen molar-refractivity contribution in [1.29, 1.82) is 0 Å². The molecule has 2 aromatic carbocycles. The quantitative estimate of drug-likeness (QED) is 0.737. The first-order valence-corrected chi connectivity index (χ1v) is 7.81. The van der Waals surface area contributed by atoms with Crippen molar-refractivity contribution in [3.63, 3.8) is 0 Å². The molecule has 2 aromatic rings. The number of rotatable bonds is 7. The maximum atomic E-state index is 13.6. The Hall–Kier alpha value is -2.27. The van der Waals surface area contributed by atoms with Crippen LogP contribution >= 0.6 is 11.6 Å². The largest absolute Gasteiger partial charge is 0.493 e. The molecule has 128 valence electrons. The van der Waals surface area contributed by atoms with Gasteiger partial charge in [0.05, 0.1) is 18.8 Å². The SMILES string of the molecule is Cc1cc(OCCCOc2cc(C(=O)O)ccc2F)cc(C)c1Cl. The second kappa shape index (κ2) is 8.02. The van der Waals surface area contributed by atoms with E-state index in [0.717, 1.165) is 22.2 Å². The highest BCUT2D eigenvalue weighted by atomic mass is 35.5. The van der Waals surface area contributed by atoms with Gasteiger partial charge in [0.2, 0.25) is 0 Å². The topological polar surface area (TPSA) is 55.8 Å². The van der Waals surface area contributed by atoms with Gasteiger partial charge in [-0.05, 0) is 55.3 Å². The van der Waals surface area contributed by atoms with E-state index < -0.39 is 11.8 Å². The van der Waals surface area contributed by atoms with Gasteiger partial charge in [-0.1, -0.05) is 11.6 Å². The number of carboxylic acid groups (broad SMARTS) is 1. The van der Waals surface area contributed by atoms with Crippen molar-refractivity contribution in [1.82, 2.24) is 0 Å². The molecular formula is C18H18ClFO4. The molecule has 0 radical (unpaired) electrons. The minimum atomic E-state index is -1.13. The number of benzene rings is 2. The van der Waals surface area contributed by atoms with Crippen molar-refractivity contribution >= 4 is 17.6 Å². The number of aryl methyl sites for hydroxylation is 2. The van der Waals surface area contributed by atoms with Gasteiger partial charge in [0.1, 0.15) is 5.75 Å².